The van der Waals surface area contributed by atoms with Gasteiger partial charge in [-0.1, -0.05) is 103 Å². The van der Waals surface area contributed by atoms with E-state index in [4.69, 9.17) is 0 Å². The van der Waals surface area contributed by atoms with Crippen LogP contribution in [0.25, 0.3) is 71.6 Å². The van der Waals surface area contributed by atoms with Crippen molar-refractivity contribution in [3.05, 3.63) is 152 Å². The molecular formula is C42H25NS3. The number of thiophene rings is 3. The third-order valence-electron chi connectivity index (χ3n) is 9.07. The summed E-state index contributed by atoms with van der Waals surface area (Å²) in [4.78, 5) is 2.53. The van der Waals surface area contributed by atoms with E-state index >= 15 is 0 Å². The van der Waals surface area contributed by atoms with Crippen LogP contribution in [0.3, 0.4) is 0 Å². The molecule has 10 aromatic rings. The SMILES string of the molecule is c1ccc(-c2ccc(N(c3ccc4c(c3)sc3ccccc34)c3cccc4sc5ccccc5c34)c3c2sc2ccccc23)cc1. The van der Waals surface area contributed by atoms with Gasteiger partial charge in [0, 0.05) is 66.2 Å². The Labute approximate surface area is 277 Å². The van der Waals surface area contributed by atoms with Crippen LogP contribution in [0.5, 0.6) is 0 Å². The molecular weight excluding hydrogens is 615 g/mol. The van der Waals surface area contributed by atoms with Crippen LogP contribution < -0.4 is 4.90 Å². The van der Waals surface area contributed by atoms with Gasteiger partial charge in [-0.25, -0.2) is 0 Å². The molecule has 0 aliphatic rings. The van der Waals surface area contributed by atoms with Gasteiger partial charge in [0.05, 0.1) is 11.4 Å². The summed E-state index contributed by atoms with van der Waals surface area (Å²) in [5.74, 6) is 0. The number of nitrogens with zero attached hydrogens (tertiary/aromatic N) is 1. The van der Waals surface area contributed by atoms with E-state index in [1.165, 1.54) is 88.7 Å². The first-order valence-corrected chi connectivity index (χ1v) is 17.9. The number of hydrogen-bond donors (Lipinski definition) is 0. The van der Waals surface area contributed by atoms with Gasteiger partial charge in [0.2, 0.25) is 0 Å². The molecule has 0 N–H and O–H groups in total. The van der Waals surface area contributed by atoms with Crippen LogP contribution in [0.15, 0.2) is 152 Å². The Bertz CT molecular complexity index is 2760. The summed E-state index contributed by atoms with van der Waals surface area (Å²) in [6.07, 6.45) is 0. The highest BCUT2D eigenvalue weighted by molar-refractivity contribution is 7.27. The molecule has 3 heterocycles. The summed E-state index contributed by atoms with van der Waals surface area (Å²) in [5.41, 5.74) is 6.11. The first-order chi connectivity index (χ1) is 22.8. The topological polar surface area (TPSA) is 3.24 Å². The number of benzene rings is 7. The Kier molecular flexibility index (Phi) is 5.85. The van der Waals surface area contributed by atoms with Gasteiger partial charge >= 0.3 is 0 Å². The van der Waals surface area contributed by atoms with Gasteiger partial charge in [-0.15, -0.1) is 34.0 Å². The van der Waals surface area contributed by atoms with Crippen molar-refractivity contribution in [3.63, 3.8) is 0 Å². The molecule has 0 aliphatic heterocycles. The molecule has 4 heteroatoms. The lowest BCUT2D eigenvalue weighted by Gasteiger charge is -2.28. The van der Waals surface area contributed by atoms with E-state index in [1.54, 1.807) is 0 Å². The fourth-order valence-corrected chi connectivity index (χ4v) is 10.6. The predicted octanol–water partition coefficient (Wildman–Crippen LogP) is 13.9. The Hall–Kier alpha value is -5.00. The van der Waals surface area contributed by atoms with Crippen molar-refractivity contribution >= 4 is 112 Å². The number of hydrogen-bond acceptors (Lipinski definition) is 4. The van der Waals surface area contributed by atoms with Gasteiger partial charge in [0.1, 0.15) is 0 Å². The molecule has 216 valence electrons. The monoisotopic (exact) mass is 639 g/mol. The third-order valence-corrected chi connectivity index (χ3v) is 12.5. The largest absolute Gasteiger partial charge is 0.309 e. The summed E-state index contributed by atoms with van der Waals surface area (Å²) >= 11 is 5.65. The molecule has 3 aromatic heterocycles. The van der Waals surface area contributed by atoms with Gasteiger partial charge in [0.25, 0.3) is 0 Å². The summed E-state index contributed by atoms with van der Waals surface area (Å²) in [5, 5.41) is 7.84. The molecule has 0 saturated carbocycles. The van der Waals surface area contributed by atoms with Crippen molar-refractivity contribution in [2.24, 2.45) is 0 Å². The first-order valence-electron chi connectivity index (χ1n) is 15.4. The standard InChI is InChI=1S/C42H25NS3/c1-2-11-26(12-3-1)28-23-24-34(41-32-15-6-9-19-37(32)46-42(28)41)43(27-21-22-30-29-13-4-7-17-35(29)45-39(30)25-27)33-16-10-20-38-40(33)31-14-5-8-18-36(31)44-38/h1-25H. The molecule has 46 heavy (non-hydrogen) atoms. The van der Waals surface area contributed by atoms with E-state index in [2.05, 4.69) is 157 Å². The maximum Gasteiger partial charge on any atom is 0.0555 e. The lowest BCUT2D eigenvalue weighted by Crippen LogP contribution is -2.10. The number of rotatable bonds is 4. The van der Waals surface area contributed by atoms with Gasteiger partial charge in [-0.05, 0) is 59.7 Å². The maximum absolute atomic E-state index is 2.53. The molecule has 10 rings (SSSR count). The molecule has 0 bridgehead atoms. The van der Waals surface area contributed by atoms with Crippen molar-refractivity contribution in [3.8, 4) is 11.1 Å². The molecule has 7 aromatic carbocycles. The fraction of sp³-hybridized carbons (Fsp3) is 0. The smallest absolute Gasteiger partial charge is 0.0555 e. The van der Waals surface area contributed by atoms with Crippen LogP contribution in [0.2, 0.25) is 0 Å². The van der Waals surface area contributed by atoms with E-state index in [1.807, 2.05) is 34.0 Å². The van der Waals surface area contributed by atoms with E-state index in [9.17, 15) is 0 Å². The second kappa shape index (κ2) is 10.3. The lowest BCUT2D eigenvalue weighted by atomic mass is 9.99. The van der Waals surface area contributed by atoms with E-state index < -0.39 is 0 Å². The summed E-state index contributed by atoms with van der Waals surface area (Å²) in [7, 11) is 0. The average Bonchev–Trinajstić information content (AvgIpc) is 3.80. The summed E-state index contributed by atoms with van der Waals surface area (Å²) < 4.78 is 7.87. The molecule has 0 radical (unpaired) electrons. The second-order valence-electron chi connectivity index (χ2n) is 11.7. The van der Waals surface area contributed by atoms with Crippen molar-refractivity contribution in [1.82, 2.24) is 0 Å². The van der Waals surface area contributed by atoms with Gasteiger partial charge in [-0.2, -0.15) is 0 Å². The molecule has 0 atom stereocenters. The van der Waals surface area contributed by atoms with Crippen LogP contribution in [0, 0.1) is 0 Å². The van der Waals surface area contributed by atoms with Gasteiger partial charge < -0.3 is 4.90 Å². The maximum atomic E-state index is 2.53. The first kappa shape index (κ1) is 26.2. The van der Waals surface area contributed by atoms with Gasteiger partial charge in [-0.3, -0.25) is 0 Å². The van der Waals surface area contributed by atoms with Crippen molar-refractivity contribution < 1.29 is 0 Å². The molecule has 0 fully saturated rings. The molecule has 0 saturated heterocycles. The Morgan fingerprint density at radius 3 is 1.76 bits per heavy atom. The number of anilines is 3. The second-order valence-corrected chi connectivity index (χ2v) is 14.9. The quantitative estimate of drug-likeness (QED) is 0.185. The molecule has 0 spiro atoms. The zero-order valence-corrected chi connectivity index (χ0v) is 27.1. The zero-order valence-electron chi connectivity index (χ0n) is 24.6. The predicted molar refractivity (Wildman–Crippen MR) is 205 cm³/mol. The van der Waals surface area contributed by atoms with Crippen molar-refractivity contribution in [2.75, 3.05) is 4.90 Å². The minimum Gasteiger partial charge on any atom is -0.309 e. The van der Waals surface area contributed by atoms with Crippen LogP contribution in [0.4, 0.5) is 17.1 Å². The van der Waals surface area contributed by atoms with Crippen LogP contribution in [-0.4, -0.2) is 0 Å². The minimum atomic E-state index is 1.17. The Morgan fingerprint density at radius 2 is 0.957 bits per heavy atom. The lowest BCUT2D eigenvalue weighted by molar-refractivity contribution is 1.33. The molecule has 0 amide bonds. The Balaban J connectivity index is 1.33. The zero-order chi connectivity index (χ0) is 30.2. The molecule has 1 nitrogen and oxygen atoms in total. The highest BCUT2D eigenvalue weighted by Gasteiger charge is 2.24. The van der Waals surface area contributed by atoms with E-state index in [0.717, 1.165) is 0 Å². The van der Waals surface area contributed by atoms with Crippen molar-refractivity contribution in [1.29, 1.82) is 0 Å². The highest BCUT2D eigenvalue weighted by Crippen LogP contribution is 2.51. The summed E-state index contributed by atoms with van der Waals surface area (Å²) in [6.45, 7) is 0. The van der Waals surface area contributed by atoms with E-state index in [0.29, 0.717) is 0 Å². The number of fused-ring (bicyclic) bond motifs is 9. The van der Waals surface area contributed by atoms with Gasteiger partial charge in [0.15, 0.2) is 0 Å². The van der Waals surface area contributed by atoms with Crippen LogP contribution >= 0.6 is 34.0 Å². The average molecular weight is 640 g/mol. The normalized spacial score (nSPS) is 11.9. The fourth-order valence-electron chi connectivity index (χ4n) is 7.05. The minimum absolute atomic E-state index is 1.17. The van der Waals surface area contributed by atoms with Crippen molar-refractivity contribution in [2.45, 2.75) is 0 Å². The van der Waals surface area contributed by atoms with Crippen LogP contribution in [0.1, 0.15) is 0 Å². The molecule has 0 unspecified atom stereocenters. The van der Waals surface area contributed by atoms with Crippen LogP contribution in [-0.2, 0) is 0 Å². The van der Waals surface area contributed by atoms with E-state index in [-0.39, 0.29) is 0 Å². The molecule has 0 aliphatic carbocycles. The highest BCUT2D eigenvalue weighted by atomic mass is 32.1. The summed E-state index contributed by atoms with van der Waals surface area (Å²) in [6, 6.07) is 55.8. The third kappa shape index (κ3) is 3.91. The Morgan fingerprint density at radius 1 is 0.370 bits per heavy atom.